The smallest absolute Gasteiger partial charge is 0.261 e. The number of nitrogens with zero attached hydrogens (tertiary/aromatic N) is 4. The predicted molar refractivity (Wildman–Crippen MR) is 67.3 cm³/mol. The first-order chi connectivity index (χ1) is 8.84. The van der Waals surface area contributed by atoms with Gasteiger partial charge >= 0.3 is 0 Å². The summed E-state index contributed by atoms with van der Waals surface area (Å²) in [7, 11) is 0. The van der Waals surface area contributed by atoms with Crippen molar-refractivity contribution < 1.29 is 4.42 Å². The Morgan fingerprint density at radius 3 is 2.72 bits per heavy atom. The second kappa shape index (κ2) is 4.83. The molecule has 7 heteroatoms. The lowest BCUT2D eigenvalue weighted by atomic mass is 10.1. The molecule has 0 aliphatic rings. The topological polar surface area (TPSA) is 64.7 Å². The van der Waals surface area contributed by atoms with Gasteiger partial charge in [-0.25, -0.2) is 0 Å². The zero-order valence-electron chi connectivity index (χ0n) is 9.02. The van der Waals surface area contributed by atoms with Gasteiger partial charge in [0.1, 0.15) is 10.3 Å². The highest BCUT2D eigenvalue weighted by atomic mass is 35.5. The molecule has 0 spiro atoms. The van der Waals surface area contributed by atoms with Crippen LogP contribution in [0.4, 0.5) is 0 Å². The molecule has 1 aromatic carbocycles. The summed E-state index contributed by atoms with van der Waals surface area (Å²) in [5, 5.41) is 11.2. The molecule has 0 saturated carbocycles. The standard InChI is InChI=1S/C11H7ClN4OS/c12-9(7-4-2-1-3-5-7)11-15-14-10(17-11)8-6-13-16-18-8/h1-6,9H. The Morgan fingerprint density at radius 1 is 1.17 bits per heavy atom. The van der Waals surface area contributed by atoms with Crippen LogP contribution in [0.1, 0.15) is 16.8 Å². The number of alkyl halides is 1. The van der Waals surface area contributed by atoms with Crippen LogP contribution in [0.2, 0.25) is 0 Å². The van der Waals surface area contributed by atoms with E-state index >= 15 is 0 Å². The Hall–Kier alpha value is -1.79. The fraction of sp³-hybridized carbons (Fsp3) is 0.0909. The molecule has 0 aliphatic heterocycles. The zero-order chi connectivity index (χ0) is 12.4. The van der Waals surface area contributed by atoms with E-state index in [0.29, 0.717) is 11.8 Å². The molecule has 0 fully saturated rings. The maximum atomic E-state index is 6.28. The van der Waals surface area contributed by atoms with E-state index in [2.05, 4.69) is 19.8 Å². The lowest BCUT2D eigenvalue weighted by Gasteiger charge is -2.03. The minimum atomic E-state index is -0.451. The molecule has 0 saturated heterocycles. The number of halogens is 1. The molecule has 0 bridgehead atoms. The molecule has 3 rings (SSSR count). The number of aromatic nitrogens is 4. The van der Waals surface area contributed by atoms with Gasteiger partial charge in [-0.3, -0.25) is 0 Å². The Morgan fingerprint density at radius 2 is 2.00 bits per heavy atom. The average molecular weight is 279 g/mol. The van der Waals surface area contributed by atoms with Crippen LogP contribution < -0.4 is 0 Å². The molecule has 3 aromatic rings. The molecule has 0 amide bonds. The van der Waals surface area contributed by atoms with Crippen LogP contribution in [0.15, 0.2) is 40.9 Å². The van der Waals surface area contributed by atoms with Crippen molar-refractivity contribution in [3.05, 3.63) is 48.0 Å². The van der Waals surface area contributed by atoms with Gasteiger partial charge in [-0.2, -0.15) is 0 Å². The summed E-state index contributed by atoms with van der Waals surface area (Å²) in [4.78, 5) is 0.727. The van der Waals surface area contributed by atoms with Gasteiger partial charge in [-0.1, -0.05) is 34.8 Å². The predicted octanol–water partition coefficient (Wildman–Crippen LogP) is 2.92. The molecule has 90 valence electrons. The van der Waals surface area contributed by atoms with Gasteiger partial charge in [0, 0.05) is 0 Å². The van der Waals surface area contributed by atoms with Crippen LogP contribution in [0.25, 0.3) is 10.8 Å². The SMILES string of the molecule is ClC(c1ccccc1)c1nnc(-c2cnns2)o1. The van der Waals surface area contributed by atoms with Gasteiger partial charge in [-0.15, -0.1) is 26.9 Å². The lowest BCUT2D eigenvalue weighted by molar-refractivity contribution is 0.514. The highest BCUT2D eigenvalue weighted by Crippen LogP contribution is 2.30. The highest BCUT2D eigenvalue weighted by molar-refractivity contribution is 7.09. The maximum Gasteiger partial charge on any atom is 0.261 e. The van der Waals surface area contributed by atoms with Crippen molar-refractivity contribution in [3.8, 4) is 10.8 Å². The summed E-state index contributed by atoms with van der Waals surface area (Å²) in [5.41, 5.74) is 0.914. The quantitative estimate of drug-likeness (QED) is 0.689. The van der Waals surface area contributed by atoms with Gasteiger partial charge < -0.3 is 4.42 Å². The van der Waals surface area contributed by atoms with E-state index in [1.165, 1.54) is 11.5 Å². The summed E-state index contributed by atoms with van der Waals surface area (Å²) >= 11 is 7.48. The Balaban J connectivity index is 1.90. The lowest BCUT2D eigenvalue weighted by Crippen LogP contribution is -1.92. The highest BCUT2D eigenvalue weighted by Gasteiger charge is 2.19. The van der Waals surface area contributed by atoms with Crippen LogP contribution in [0.5, 0.6) is 0 Å². The van der Waals surface area contributed by atoms with E-state index in [4.69, 9.17) is 16.0 Å². The molecular formula is C11H7ClN4OS. The summed E-state index contributed by atoms with van der Waals surface area (Å²) < 4.78 is 9.26. The molecule has 2 aromatic heterocycles. The second-order valence-electron chi connectivity index (χ2n) is 3.50. The minimum Gasteiger partial charge on any atom is -0.418 e. The van der Waals surface area contributed by atoms with Crippen LogP contribution in [-0.4, -0.2) is 19.8 Å². The first-order valence-electron chi connectivity index (χ1n) is 5.15. The first-order valence-corrected chi connectivity index (χ1v) is 6.36. The molecule has 1 atom stereocenters. The van der Waals surface area contributed by atoms with Crippen molar-refractivity contribution in [2.24, 2.45) is 0 Å². The van der Waals surface area contributed by atoms with E-state index < -0.39 is 5.38 Å². The molecule has 2 heterocycles. The van der Waals surface area contributed by atoms with Crippen molar-refractivity contribution in [1.82, 2.24) is 19.8 Å². The summed E-state index contributed by atoms with van der Waals surface area (Å²) in [6.07, 6.45) is 1.58. The fourth-order valence-electron chi connectivity index (χ4n) is 1.46. The van der Waals surface area contributed by atoms with Crippen molar-refractivity contribution in [3.63, 3.8) is 0 Å². The van der Waals surface area contributed by atoms with E-state index in [-0.39, 0.29) is 0 Å². The fourth-order valence-corrected chi connectivity index (χ4v) is 2.13. The van der Waals surface area contributed by atoms with Gasteiger partial charge in [0.05, 0.1) is 6.20 Å². The third kappa shape index (κ3) is 2.12. The van der Waals surface area contributed by atoms with E-state index in [1.54, 1.807) is 6.20 Å². The molecule has 18 heavy (non-hydrogen) atoms. The van der Waals surface area contributed by atoms with Crippen molar-refractivity contribution in [1.29, 1.82) is 0 Å². The van der Waals surface area contributed by atoms with Gasteiger partial charge in [0.2, 0.25) is 5.89 Å². The van der Waals surface area contributed by atoms with Gasteiger partial charge in [-0.05, 0) is 17.1 Å². The number of hydrogen-bond acceptors (Lipinski definition) is 6. The van der Waals surface area contributed by atoms with Crippen molar-refractivity contribution in [2.45, 2.75) is 5.38 Å². The Labute approximate surface area is 112 Å². The largest absolute Gasteiger partial charge is 0.418 e. The maximum absolute atomic E-state index is 6.28. The van der Waals surface area contributed by atoms with Crippen molar-refractivity contribution >= 4 is 23.1 Å². The monoisotopic (exact) mass is 278 g/mol. The van der Waals surface area contributed by atoms with Crippen LogP contribution in [0.3, 0.4) is 0 Å². The molecular weight excluding hydrogens is 272 g/mol. The van der Waals surface area contributed by atoms with E-state index in [1.807, 2.05) is 30.3 Å². The molecule has 0 aliphatic carbocycles. The minimum absolute atomic E-state index is 0.367. The van der Waals surface area contributed by atoms with E-state index in [9.17, 15) is 0 Å². The van der Waals surface area contributed by atoms with E-state index in [0.717, 1.165) is 10.4 Å². The zero-order valence-corrected chi connectivity index (χ0v) is 10.6. The van der Waals surface area contributed by atoms with Crippen LogP contribution >= 0.6 is 23.1 Å². The first kappa shape index (κ1) is 11.3. The second-order valence-corrected chi connectivity index (χ2v) is 4.72. The van der Waals surface area contributed by atoms with Crippen LogP contribution in [-0.2, 0) is 0 Å². The summed E-state index contributed by atoms with van der Waals surface area (Å²) in [5.74, 6) is 0.757. The summed E-state index contributed by atoms with van der Waals surface area (Å²) in [6, 6.07) is 9.57. The number of rotatable bonds is 3. The summed E-state index contributed by atoms with van der Waals surface area (Å²) in [6.45, 7) is 0. The number of benzene rings is 1. The molecule has 0 radical (unpaired) electrons. The Bertz CT molecular complexity index is 626. The van der Waals surface area contributed by atoms with Gasteiger partial charge in [0.25, 0.3) is 5.89 Å². The average Bonchev–Trinajstić information content (AvgIpc) is 3.09. The molecule has 0 N–H and O–H groups in total. The van der Waals surface area contributed by atoms with Crippen LogP contribution in [0, 0.1) is 0 Å². The normalized spacial score (nSPS) is 12.5. The molecule has 5 nitrogen and oxygen atoms in total. The van der Waals surface area contributed by atoms with Gasteiger partial charge in [0.15, 0.2) is 0 Å². The molecule has 1 unspecified atom stereocenters. The third-order valence-electron chi connectivity index (χ3n) is 2.32. The van der Waals surface area contributed by atoms with Crippen molar-refractivity contribution in [2.75, 3.05) is 0 Å². The number of hydrogen-bond donors (Lipinski definition) is 0. The Kier molecular flexibility index (Phi) is 3.04. The third-order valence-corrected chi connectivity index (χ3v) is 3.41.